The van der Waals surface area contributed by atoms with Crippen LogP contribution in [0.3, 0.4) is 0 Å². The highest BCUT2D eigenvalue weighted by atomic mass is 16.5. The Balaban J connectivity index is 2.09. The van der Waals surface area contributed by atoms with Crippen LogP contribution in [0.2, 0.25) is 0 Å². The van der Waals surface area contributed by atoms with Crippen LogP contribution in [0.4, 0.5) is 0 Å². The Bertz CT molecular complexity index is 432. The van der Waals surface area contributed by atoms with Crippen molar-refractivity contribution in [2.45, 2.75) is 58.6 Å². The molecule has 0 amide bonds. The summed E-state index contributed by atoms with van der Waals surface area (Å²) in [6.07, 6.45) is 5.04. The smallest absolute Gasteiger partial charge is 0.160 e. The van der Waals surface area contributed by atoms with Crippen molar-refractivity contribution in [1.82, 2.24) is 15.3 Å². The van der Waals surface area contributed by atoms with Gasteiger partial charge >= 0.3 is 0 Å². The van der Waals surface area contributed by atoms with Crippen LogP contribution >= 0.6 is 0 Å². The number of rotatable bonds is 7. The summed E-state index contributed by atoms with van der Waals surface area (Å²) in [6.45, 7) is 9.64. The van der Waals surface area contributed by atoms with Gasteiger partial charge in [0.2, 0.25) is 0 Å². The highest BCUT2D eigenvalue weighted by Crippen LogP contribution is 2.22. The maximum atomic E-state index is 6.11. The van der Waals surface area contributed by atoms with Gasteiger partial charge in [-0.1, -0.05) is 20.8 Å². The van der Waals surface area contributed by atoms with Crippen molar-refractivity contribution >= 4 is 0 Å². The normalized spacial score (nSPS) is 16.4. The lowest BCUT2D eigenvalue weighted by Crippen LogP contribution is -2.27. The van der Waals surface area contributed by atoms with E-state index in [4.69, 9.17) is 9.47 Å². The molecule has 1 N–H and O–H groups in total. The second-order valence-electron chi connectivity index (χ2n) is 5.80. The zero-order chi connectivity index (χ0) is 15.1. The van der Waals surface area contributed by atoms with E-state index in [-0.39, 0.29) is 6.10 Å². The number of nitrogens with one attached hydrogen (secondary N) is 1. The molecule has 0 atom stereocenters. The third-order valence-corrected chi connectivity index (χ3v) is 3.55. The number of aromatic nitrogens is 2. The standard InChI is InChI=1S/C16H27N3O2/c1-4-7-17-10-14-15(11-18-16(19-14)12(2)3)21-13-5-8-20-9-6-13/h11-13,17H,4-10H2,1-3H3. The highest BCUT2D eigenvalue weighted by Gasteiger charge is 2.18. The van der Waals surface area contributed by atoms with E-state index in [1.165, 1.54) is 0 Å². The molecule has 1 aromatic heterocycles. The molecule has 2 rings (SSSR count). The van der Waals surface area contributed by atoms with Crippen LogP contribution in [-0.4, -0.2) is 35.8 Å². The van der Waals surface area contributed by atoms with E-state index in [0.717, 1.165) is 62.8 Å². The molecule has 0 aliphatic carbocycles. The second-order valence-corrected chi connectivity index (χ2v) is 5.80. The van der Waals surface area contributed by atoms with Crippen molar-refractivity contribution in [1.29, 1.82) is 0 Å². The predicted molar refractivity (Wildman–Crippen MR) is 82.6 cm³/mol. The van der Waals surface area contributed by atoms with Gasteiger partial charge in [0.15, 0.2) is 5.75 Å². The summed E-state index contributed by atoms with van der Waals surface area (Å²) >= 11 is 0. The molecule has 0 aromatic carbocycles. The predicted octanol–water partition coefficient (Wildman–Crippen LogP) is 2.66. The molecule has 0 unspecified atom stereocenters. The first-order chi connectivity index (χ1) is 10.2. The lowest BCUT2D eigenvalue weighted by Gasteiger charge is -2.24. The van der Waals surface area contributed by atoms with Gasteiger partial charge in [0.05, 0.1) is 25.1 Å². The van der Waals surface area contributed by atoms with Crippen LogP contribution in [0.1, 0.15) is 57.5 Å². The van der Waals surface area contributed by atoms with Crippen molar-refractivity contribution in [2.24, 2.45) is 0 Å². The van der Waals surface area contributed by atoms with Crippen LogP contribution in [0.25, 0.3) is 0 Å². The third kappa shape index (κ3) is 4.93. The first kappa shape index (κ1) is 16.2. The Morgan fingerprint density at radius 1 is 1.38 bits per heavy atom. The van der Waals surface area contributed by atoms with E-state index < -0.39 is 0 Å². The molecule has 5 heteroatoms. The minimum Gasteiger partial charge on any atom is -0.487 e. The maximum Gasteiger partial charge on any atom is 0.160 e. The fourth-order valence-electron chi connectivity index (χ4n) is 2.28. The van der Waals surface area contributed by atoms with Crippen molar-refractivity contribution < 1.29 is 9.47 Å². The summed E-state index contributed by atoms with van der Waals surface area (Å²) in [6, 6.07) is 0. The quantitative estimate of drug-likeness (QED) is 0.783. The molecule has 5 nitrogen and oxygen atoms in total. The molecular formula is C16H27N3O2. The van der Waals surface area contributed by atoms with Crippen LogP contribution in [0.5, 0.6) is 5.75 Å². The summed E-state index contributed by atoms with van der Waals surface area (Å²) in [5.41, 5.74) is 0.966. The maximum absolute atomic E-state index is 6.11. The molecule has 118 valence electrons. The average molecular weight is 293 g/mol. The number of nitrogens with zero attached hydrogens (tertiary/aromatic N) is 2. The Morgan fingerprint density at radius 3 is 2.81 bits per heavy atom. The largest absolute Gasteiger partial charge is 0.487 e. The van der Waals surface area contributed by atoms with Gasteiger partial charge in [0.25, 0.3) is 0 Å². The van der Waals surface area contributed by atoms with Crippen molar-refractivity contribution in [3.63, 3.8) is 0 Å². The van der Waals surface area contributed by atoms with E-state index in [2.05, 4.69) is 36.1 Å². The van der Waals surface area contributed by atoms with Gasteiger partial charge in [-0.05, 0) is 13.0 Å². The summed E-state index contributed by atoms with van der Waals surface area (Å²) < 4.78 is 11.5. The first-order valence-electron chi connectivity index (χ1n) is 8.01. The minimum absolute atomic E-state index is 0.220. The Kier molecular flexibility index (Phi) is 6.39. The zero-order valence-corrected chi connectivity index (χ0v) is 13.4. The van der Waals surface area contributed by atoms with Gasteiger partial charge in [-0.3, -0.25) is 0 Å². The second kappa shape index (κ2) is 8.29. The molecule has 0 bridgehead atoms. The topological polar surface area (TPSA) is 56.3 Å². The van der Waals surface area contributed by atoms with Crippen molar-refractivity contribution in [3.8, 4) is 5.75 Å². The molecule has 1 aliphatic rings. The molecule has 1 saturated heterocycles. The summed E-state index contributed by atoms with van der Waals surface area (Å²) in [4.78, 5) is 9.12. The van der Waals surface area contributed by atoms with Crippen molar-refractivity contribution in [2.75, 3.05) is 19.8 Å². The lowest BCUT2D eigenvalue weighted by atomic mass is 10.1. The highest BCUT2D eigenvalue weighted by molar-refractivity contribution is 5.25. The Morgan fingerprint density at radius 2 is 2.14 bits per heavy atom. The molecule has 1 aromatic rings. The Labute approximate surface area is 127 Å². The van der Waals surface area contributed by atoms with E-state index in [9.17, 15) is 0 Å². The van der Waals surface area contributed by atoms with Gasteiger partial charge in [0.1, 0.15) is 11.9 Å². The lowest BCUT2D eigenvalue weighted by molar-refractivity contribution is 0.0247. The van der Waals surface area contributed by atoms with Crippen LogP contribution in [0.15, 0.2) is 6.20 Å². The molecule has 1 fully saturated rings. The molecule has 2 heterocycles. The minimum atomic E-state index is 0.220. The first-order valence-corrected chi connectivity index (χ1v) is 8.01. The average Bonchev–Trinajstić information content (AvgIpc) is 2.50. The fourth-order valence-corrected chi connectivity index (χ4v) is 2.28. The van der Waals surface area contributed by atoms with Crippen LogP contribution < -0.4 is 10.1 Å². The third-order valence-electron chi connectivity index (χ3n) is 3.55. The number of hydrogen-bond donors (Lipinski definition) is 1. The summed E-state index contributed by atoms with van der Waals surface area (Å²) in [7, 11) is 0. The van der Waals surface area contributed by atoms with Gasteiger partial charge in [-0.15, -0.1) is 0 Å². The number of hydrogen-bond acceptors (Lipinski definition) is 5. The molecule has 0 saturated carbocycles. The van der Waals surface area contributed by atoms with Crippen LogP contribution in [-0.2, 0) is 11.3 Å². The molecular weight excluding hydrogens is 266 g/mol. The van der Waals surface area contributed by atoms with E-state index in [1.54, 1.807) is 0 Å². The SMILES string of the molecule is CCCNCc1nc(C(C)C)ncc1OC1CCOCC1. The molecule has 21 heavy (non-hydrogen) atoms. The van der Waals surface area contributed by atoms with Gasteiger partial charge in [0, 0.05) is 25.3 Å². The van der Waals surface area contributed by atoms with E-state index in [0.29, 0.717) is 5.92 Å². The fraction of sp³-hybridized carbons (Fsp3) is 0.750. The van der Waals surface area contributed by atoms with Crippen molar-refractivity contribution in [3.05, 3.63) is 17.7 Å². The molecule has 0 spiro atoms. The van der Waals surface area contributed by atoms with Crippen LogP contribution in [0, 0.1) is 0 Å². The van der Waals surface area contributed by atoms with E-state index >= 15 is 0 Å². The molecule has 1 aliphatic heterocycles. The molecule has 0 radical (unpaired) electrons. The van der Waals surface area contributed by atoms with Gasteiger partial charge < -0.3 is 14.8 Å². The van der Waals surface area contributed by atoms with Gasteiger partial charge in [-0.25, -0.2) is 9.97 Å². The zero-order valence-electron chi connectivity index (χ0n) is 13.4. The van der Waals surface area contributed by atoms with E-state index in [1.807, 2.05) is 6.20 Å². The number of ether oxygens (including phenoxy) is 2. The Hall–Kier alpha value is -1.20. The summed E-state index contributed by atoms with van der Waals surface area (Å²) in [5, 5.41) is 3.40. The monoisotopic (exact) mass is 293 g/mol. The summed E-state index contributed by atoms with van der Waals surface area (Å²) in [5.74, 6) is 2.02. The van der Waals surface area contributed by atoms with Gasteiger partial charge in [-0.2, -0.15) is 0 Å².